The number of benzene rings is 5. The Morgan fingerprint density at radius 2 is 0.931 bits per heavy atom. The summed E-state index contributed by atoms with van der Waals surface area (Å²) in [4.78, 5) is 0. The van der Waals surface area contributed by atoms with Gasteiger partial charge >= 0.3 is 7.12 Å². The number of hydrogen-bond donors (Lipinski definition) is 2. The van der Waals surface area contributed by atoms with E-state index in [9.17, 15) is 10.0 Å². The average molecular weight is 374 g/mol. The smallest absolute Gasteiger partial charge is 0.423 e. The summed E-state index contributed by atoms with van der Waals surface area (Å²) in [5.74, 6) is 0. The lowest BCUT2D eigenvalue weighted by atomic mass is 9.72. The van der Waals surface area contributed by atoms with Crippen molar-refractivity contribution in [1.82, 2.24) is 0 Å². The third-order valence-electron chi connectivity index (χ3n) is 5.49. The van der Waals surface area contributed by atoms with Crippen molar-refractivity contribution in [1.29, 1.82) is 0 Å². The second kappa shape index (κ2) is 7.21. The van der Waals surface area contributed by atoms with Crippen molar-refractivity contribution in [3.63, 3.8) is 0 Å². The summed E-state index contributed by atoms with van der Waals surface area (Å²) < 4.78 is 0. The Balaban J connectivity index is 1.88. The average Bonchev–Trinajstić information content (AvgIpc) is 2.77. The maximum atomic E-state index is 10.1. The van der Waals surface area contributed by atoms with Crippen molar-refractivity contribution in [3.8, 4) is 22.3 Å². The predicted molar refractivity (Wildman–Crippen MR) is 122 cm³/mol. The van der Waals surface area contributed by atoms with Gasteiger partial charge in [-0.1, -0.05) is 97.1 Å². The van der Waals surface area contributed by atoms with Crippen LogP contribution in [0.2, 0.25) is 0 Å². The van der Waals surface area contributed by atoms with Crippen LogP contribution in [0.3, 0.4) is 0 Å². The first kappa shape index (κ1) is 17.7. The van der Waals surface area contributed by atoms with Gasteiger partial charge in [0, 0.05) is 0 Å². The fraction of sp³-hybridized carbons (Fsp3) is 0. The molecule has 0 spiro atoms. The standard InChI is InChI=1S/C26H19BO2/c28-27(29)26-23-15-6-4-13-21(23)25(22-14-5-7-16-24(22)26)20-12-8-11-19(17-20)18-9-2-1-3-10-18/h1-17,28-29H. The van der Waals surface area contributed by atoms with E-state index in [2.05, 4.69) is 48.5 Å². The van der Waals surface area contributed by atoms with Gasteiger partial charge in [0.1, 0.15) is 0 Å². The van der Waals surface area contributed by atoms with Crippen molar-refractivity contribution in [3.05, 3.63) is 103 Å². The molecule has 0 heterocycles. The second-order valence-corrected chi connectivity index (χ2v) is 7.20. The van der Waals surface area contributed by atoms with Crippen LogP contribution in [0.5, 0.6) is 0 Å². The lowest BCUT2D eigenvalue weighted by molar-refractivity contribution is 0.426. The lowest BCUT2D eigenvalue weighted by Crippen LogP contribution is -2.31. The highest BCUT2D eigenvalue weighted by molar-refractivity contribution is 6.66. The zero-order valence-electron chi connectivity index (χ0n) is 15.8. The number of rotatable bonds is 3. The molecule has 0 radical (unpaired) electrons. The summed E-state index contributed by atoms with van der Waals surface area (Å²) in [6.07, 6.45) is 0. The Bertz CT molecular complexity index is 1270. The summed E-state index contributed by atoms with van der Waals surface area (Å²) in [7, 11) is -1.53. The molecule has 5 aromatic rings. The van der Waals surface area contributed by atoms with E-state index in [1.165, 1.54) is 5.56 Å². The monoisotopic (exact) mass is 374 g/mol. The van der Waals surface area contributed by atoms with Crippen molar-refractivity contribution in [2.75, 3.05) is 0 Å². The van der Waals surface area contributed by atoms with Gasteiger partial charge in [-0.05, 0) is 55.3 Å². The summed E-state index contributed by atoms with van der Waals surface area (Å²) in [5, 5.41) is 24.0. The number of fused-ring (bicyclic) bond motifs is 2. The van der Waals surface area contributed by atoms with Crippen molar-refractivity contribution in [2.45, 2.75) is 0 Å². The Morgan fingerprint density at radius 1 is 0.448 bits per heavy atom. The van der Waals surface area contributed by atoms with E-state index in [0.29, 0.717) is 5.46 Å². The van der Waals surface area contributed by atoms with Crippen LogP contribution in [0.4, 0.5) is 0 Å². The molecule has 5 rings (SSSR count). The fourth-order valence-corrected chi connectivity index (χ4v) is 4.24. The van der Waals surface area contributed by atoms with Crippen LogP contribution in [0.25, 0.3) is 43.8 Å². The second-order valence-electron chi connectivity index (χ2n) is 7.20. The van der Waals surface area contributed by atoms with E-state index >= 15 is 0 Å². The van der Waals surface area contributed by atoms with Crippen LogP contribution >= 0.6 is 0 Å². The molecule has 0 aliphatic heterocycles. The quantitative estimate of drug-likeness (QED) is 0.344. The minimum atomic E-state index is -1.53. The van der Waals surface area contributed by atoms with Gasteiger partial charge in [-0.15, -0.1) is 0 Å². The third kappa shape index (κ3) is 3.01. The van der Waals surface area contributed by atoms with Gasteiger partial charge in [0.25, 0.3) is 0 Å². The topological polar surface area (TPSA) is 40.5 Å². The summed E-state index contributed by atoms with van der Waals surface area (Å²) in [6, 6.07) is 34.8. The highest BCUT2D eigenvalue weighted by Crippen LogP contribution is 2.37. The third-order valence-corrected chi connectivity index (χ3v) is 5.49. The summed E-state index contributed by atoms with van der Waals surface area (Å²) in [6.45, 7) is 0. The Labute approximate surface area is 169 Å². The van der Waals surface area contributed by atoms with Gasteiger partial charge < -0.3 is 10.0 Å². The largest absolute Gasteiger partial charge is 0.489 e. The first-order chi connectivity index (χ1) is 14.2. The Morgan fingerprint density at radius 3 is 1.52 bits per heavy atom. The van der Waals surface area contributed by atoms with Crippen molar-refractivity contribution >= 4 is 34.1 Å². The van der Waals surface area contributed by atoms with Gasteiger partial charge in [0.2, 0.25) is 0 Å². The summed E-state index contributed by atoms with van der Waals surface area (Å²) >= 11 is 0. The van der Waals surface area contributed by atoms with Crippen LogP contribution in [-0.2, 0) is 0 Å². The van der Waals surface area contributed by atoms with Crippen LogP contribution in [0.15, 0.2) is 103 Å². The van der Waals surface area contributed by atoms with Gasteiger partial charge in [0.05, 0.1) is 0 Å². The molecule has 0 aromatic heterocycles. The molecule has 29 heavy (non-hydrogen) atoms. The predicted octanol–water partition coefficient (Wildman–Crippen LogP) is 5.01. The van der Waals surface area contributed by atoms with Crippen molar-refractivity contribution < 1.29 is 10.0 Å². The van der Waals surface area contributed by atoms with E-state index in [4.69, 9.17) is 0 Å². The lowest BCUT2D eigenvalue weighted by Gasteiger charge is -2.17. The molecule has 138 valence electrons. The molecule has 0 aliphatic carbocycles. The van der Waals surface area contributed by atoms with E-state index in [-0.39, 0.29) is 0 Å². The highest BCUT2D eigenvalue weighted by atomic mass is 16.4. The van der Waals surface area contributed by atoms with Gasteiger partial charge in [-0.2, -0.15) is 0 Å². The minimum absolute atomic E-state index is 0.555. The molecule has 2 N–H and O–H groups in total. The number of hydrogen-bond acceptors (Lipinski definition) is 2. The molecule has 0 fully saturated rings. The van der Waals surface area contributed by atoms with Gasteiger partial charge in [0.15, 0.2) is 0 Å². The molecule has 0 amide bonds. The first-order valence-electron chi connectivity index (χ1n) is 9.69. The summed E-state index contributed by atoms with van der Waals surface area (Å²) in [5.41, 5.74) is 5.10. The minimum Gasteiger partial charge on any atom is -0.423 e. The van der Waals surface area contributed by atoms with Gasteiger partial charge in [-0.25, -0.2) is 0 Å². The highest BCUT2D eigenvalue weighted by Gasteiger charge is 2.22. The van der Waals surface area contributed by atoms with E-state index in [0.717, 1.165) is 38.2 Å². The Kier molecular flexibility index (Phi) is 4.40. The fourth-order valence-electron chi connectivity index (χ4n) is 4.24. The maximum Gasteiger partial charge on any atom is 0.489 e. The molecule has 0 aliphatic rings. The molecule has 3 heteroatoms. The van der Waals surface area contributed by atoms with Gasteiger partial charge in [-0.3, -0.25) is 0 Å². The van der Waals surface area contributed by atoms with E-state index in [1.54, 1.807) is 0 Å². The molecule has 2 nitrogen and oxygen atoms in total. The zero-order chi connectivity index (χ0) is 19.8. The molecule has 0 atom stereocenters. The molecule has 5 aromatic carbocycles. The molecule has 0 bridgehead atoms. The first-order valence-corrected chi connectivity index (χ1v) is 9.69. The SMILES string of the molecule is OB(O)c1c2ccccc2c(-c2cccc(-c3ccccc3)c2)c2ccccc12. The molecular weight excluding hydrogens is 355 g/mol. The zero-order valence-corrected chi connectivity index (χ0v) is 15.8. The molecular formula is C26H19BO2. The molecule has 0 saturated carbocycles. The van der Waals surface area contributed by atoms with Crippen LogP contribution < -0.4 is 5.46 Å². The van der Waals surface area contributed by atoms with Crippen molar-refractivity contribution in [2.24, 2.45) is 0 Å². The van der Waals surface area contributed by atoms with E-state index < -0.39 is 7.12 Å². The maximum absolute atomic E-state index is 10.1. The van der Waals surface area contributed by atoms with Crippen LogP contribution in [0.1, 0.15) is 0 Å². The van der Waals surface area contributed by atoms with Crippen LogP contribution in [-0.4, -0.2) is 17.2 Å². The molecule has 0 saturated heterocycles. The van der Waals surface area contributed by atoms with E-state index in [1.807, 2.05) is 54.6 Å². The normalized spacial score (nSPS) is 11.1. The Hall–Kier alpha value is -3.40. The molecule has 0 unspecified atom stereocenters. The van der Waals surface area contributed by atoms with Crippen LogP contribution in [0, 0.1) is 0 Å².